The van der Waals surface area contributed by atoms with Gasteiger partial charge in [-0.3, -0.25) is 0 Å². The molecule has 1 atom stereocenters. The Kier molecular flexibility index (Phi) is 5.45. The van der Waals surface area contributed by atoms with Gasteiger partial charge in [0.25, 0.3) is 0 Å². The minimum atomic E-state index is -0.550. The highest BCUT2D eigenvalue weighted by Crippen LogP contribution is 2.29. The smallest absolute Gasteiger partial charge is 0.327 e. The highest BCUT2D eigenvalue weighted by Gasteiger charge is 2.23. The van der Waals surface area contributed by atoms with E-state index < -0.39 is 6.04 Å². The predicted molar refractivity (Wildman–Crippen MR) is 68.0 cm³/mol. The summed E-state index contributed by atoms with van der Waals surface area (Å²) in [4.78, 5) is 11.8. The first kappa shape index (κ1) is 14.3. The van der Waals surface area contributed by atoms with Gasteiger partial charge in [-0.25, -0.2) is 4.79 Å². The first-order valence-electron chi connectivity index (χ1n) is 5.73. The van der Waals surface area contributed by atoms with Gasteiger partial charge in [-0.2, -0.15) is 0 Å². The molecule has 1 unspecified atom stereocenters. The van der Waals surface area contributed by atoms with Gasteiger partial charge in [0.2, 0.25) is 0 Å². The monoisotopic (exact) mass is 253 g/mol. The van der Waals surface area contributed by atoms with Crippen LogP contribution in [0.1, 0.15) is 18.5 Å². The zero-order valence-corrected chi connectivity index (χ0v) is 11.1. The molecule has 5 nitrogen and oxygen atoms in total. The van der Waals surface area contributed by atoms with Crippen LogP contribution in [-0.4, -0.2) is 33.8 Å². The van der Waals surface area contributed by atoms with E-state index in [4.69, 9.17) is 14.2 Å². The van der Waals surface area contributed by atoms with Crippen LogP contribution in [0.25, 0.3) is 0 Å². The van der Waals surface area contributed by atoms with Crippen LogP contribution in [0.3, 0.4) is 0 Å². The number of carbonyl (C=O) groups excluding carboxylic acids is 1. The first-order valence-corrected chi connectivity index (χ1v) is 5.73. The van der Waals surface area contributed by atoms with E-state index in [1.54, 1.807) is 46.4 Å². The van der Waals surface area contributed by atoms with E-state index >= 15 is 0 Å². The van der Waals surface area contributed by atoms with Crippen molar-refractivity contribution < 1.29 is 19.0 Å². The second kappa shape index (κ2) is 6.86. The second-order valence-electron chi connectivity index (χ2n) is 3.58. The van der Waals surface area contributed by atoms with Crippen LogP contribution in [0.15, 0.2) is 18.2 Å². The van der Waals surface area contributed by atoms with E-state index in [-0.39, 0.29) is 5.97 Å². The number of likely N-dealkylation sites (N-methyl/N-ethyl adjacent to an activating group) is 1. The van der Waals surface area contributed by atoms with Gasteiger partial charge in [-0.05, 0) is 26.1 Å². The van der Waals surface area contributed by atoms with Crippen molar-refractivity contribution in [1.29, 1.82) is 0 Å². The number of esters is 1. The van der Waals surface area contributed by atoms with Crippen molar-refractivity contribution in [2.75, 3.05) is 27.9 Å². The van der Waals surface area contributed by atoms with E-state index in [1.807, 2.05) is 0 Å². The Hall–Kier alpha value is -1.75. The summed E-state index contributed by atoms with van der Waals surface area (Å²) in [5, 5.41) is 2.92. The van der Waals surface area contributed by atoms with Crippen LogP contribution >= 0.6 is 0 Å². The second-order valence-corrected chi connectivity index (χ2v) is 3.58. The van der Waals surface area contributed by atoms with Crippen LogP contribution in [0.4, 0.5) is 0 Å². The molecule has 1 rings (SSSR count). The molecule has 0 fully saturated rings. The molecule has 0 aliphatic heterocycles. The number of hydrogen-bond acceptors (Lipinski definition) is 5. The van der Waals surface area contributed by atoms with Crippen molar-refractivity contribution in [2.45, 2.75) is 13.0 Å². The summed E-state index contributed by atoms with van der Waals surface area (Å²) in [6.07, 6.45) is 0. The molecule has 0 saturated carbocycles. The number of carbonyl (C=O) groups is 1. The molecule has 0 bridgehead atoms. The molecule has 0 saturated heterocycles. The Morgan fingerprint density at radius 3 is 2.56 bits per heavy atom. The van der Waals surface area contributed by atoms with Crippen molar-refractivity contribution in [3.8, 4) is 11.5 Å². The van der Waals surface area contributed by atoms with Crippen LogP contribution in [0.5, 0.6) is 11.5 Å². The van der Waals surface area contributed by atoms with Gasteiger partial charge in [0.15, 0.2) is 0 Å². The Morgan fingerprint density at radius 1 is 1.33 bits per heavy atom. The number of benzene rings is 1. The topological polar surface area (TPSA) is 56.8 Å². The van der Waals surface area contributed by atoms with Crippen molar-refractivity contribution >= 4 is 5.97 Å². The third-order valence-electron chi connectivity index (χ3n) is 2.56. The molecule has 0 aliphatic carbocycles. The van der Waals surface area contributed by atoms with E-state index in [0.29, 0.717) is 18.1 Å². The lowest BCUT2D eigenvalue weighted by atomic mass is 10.1. The Morgan fingerprint density at radius 2 is 2.06 bits per heavy atom. The molecular formula is C13H19NO4. The molecule has 1 N–H and O–H groups in total. The molecule has 0 heterocycles. The summed E-state index contributed by atoms with van der Waals surface area (Å²) < 4.78 is 15.4. The maximum Gasteiger partial charge on any atom is 0.327 e. The van der Waals surface area contributed by atoms with E-state index in [1.165, 1.54) is 0 Å². The third-order valence-corrected chi connectivity index (χ3v) is 2.56. The number of ether oxygens (including phenoxy) is 3. The first-order chi connectivity index (χ1) is 8.67. The average molecular weight is 253 g/mol. The van der Waals surface area contributed by atoms with E-state index in [0.717, 1.165) is 5.56 Å². The van der Waals surface area contributed by atoms with E-state index in [9.17, 15) is 4.79 Å². The summed E-state index contributed by atoms with van der Waals surface area (Å²) in [5.74, 6) is 0.930. The van der Waals surface area contributed by atoms with Crippen LogP contribution in [-0.2, 0) is 9.53 Å². The number of nitrogens with one attached hydrogen (secondary N) is 1. The standard InChI is InChI=1S/C13H19NO4/c1-5-18-13(15)12(14-2)10-7-6-9(16-3)8-11(10)17-4/h6-8,12,14H,5H2,1-4H3. The van der Waals surface area contributed by atoms with Gasteiger partial charge in [0.05, 0.1) is 20.8 Å². The number of hydrogen-bond donors (Lipinski definition) is 1. The highest BCUT2D eigenvalue weighted by atomic mass is 16.5. The maximum atomic E-state index is 11.8. The minimum Gasteiger partial charge on any atom is -0.497 e. The minimum absolute atomic E-state index is 0.330. The molecule has 18 heavy (non-hydrogen) atoms. The normalized spacial score (nSPS) is 11.8. The van der Waals surface area contributed by atoms with Gasteiger partial charge in [-0.1, -0.05) is 0 Å². The lowest BCUT2D eigenvalue weighted by molar-refractivity contribution is -0.145. The fraction of sp³-hybridized carbons (Fsp3) is 0.462. The van der Waals surface area contributed by atoms with Crippen LogP contribution in [0.2, 0.25) is 0 Å². The van der Waals surface area contributed by atoms with Crippen LogP contribution in [0, 0.1) is 0 Å². The quantitative estimate of drug-likeness (QED) is 0.779. The zero-order valence-electron chi connectivity index (χ0n) is 11.1. The Balaban J connectivity index is 3.08. The SMILES string of the molecule is CCOC(=O)C(NC)c1ccc(OC)cc1OC. The molecule has 0 aromatic heterocycles. The Bertz CT molecular complexity index is 406. The highest BCUT2D eigenvalue weighted by molar-refractivity contribution is 5.78. The third kappa shape index (κ3) is 3.13. The lowest BCUT2D eigenvalue weighted by Gasteiger charge is -2.18. The maximum absolute atomic E-state index is 11.8. The van der Waals surface area contributed by atoms with Gasteiger partial charge in [0.1, 0.15) is 17.5 Å². The molecule has 0 amide bonds. The van der Waals surface area contributed by atoms with Crippen molar-refractivity contribution in [3.63, 3.8) is 0 Å². The van der Waals surface area contributed by atoms with Crippen molar-refractivity contribution in [1.82, 2.24) is 5.32 Å². The summed E-state index contributed by atoms with van der Waals surface area (Å²) in [7, 11) is 4.83. The summed E-state index contributed by atoms with van der Waals surface area (Å²) in [5.41, 5.74) is 0.722. The van der Waals surface area contributed by atoms with Gasteiger partial charge in [-0.15, -0.1) is 0 Å². The van der Waals surface area contributed by atoms with Crippen molar-refractivity contribution in [2.24, 2.45) is 0 Å². The fourth-order valence-electron chi connectivity index (χ4n) is 1.68. The van der Waals surface area contributed by atoms with Crippen LogP contribution < -0.4 is 14.8 Å². The lowest BCUT2D eigenvalue weighted by Crippen LogP contribution is -2.27. The van der Waals surface area contributed by atoms with Gasteiger partial charge >= 0.3 is 5.97 Å². The van der Waals surface area contributed by atoms with Gasteiger partial charge < -0.3 is 19.5 Å². The largest absolute Gasteiger partial charge is 0.497 e. The van der Waals surface area contributed by atoms with Crippen molar-refractivity contribution in [3.05, 3.63) is 23.8 Å². The zero-order chi connectivity index (χ0) is 13.5. The molecule has 0 aliphatic rings. The Labute approximate surface area is 107 Å². The fourth-order valence-corrected chi connectivity index (χ4v) is 1.68. The molecule has 5 heteroatoms. The molecule has 0 spiro atoms. The molecule has 0 radical (unpaired) electrons. The summed E-state index contributed by atoms with van der Waals surface area (Å²) in [6, 6.07) is 4.75. The summed E-state index contributed by atoms with van der Waals surface area (Å²) in [6.45, 7) is 2.12. The number of rotatable bonds is 6. The summed E-state index contributed by atoms with van der Waals surface area (Å²) >= 11 is 0. The number of methoxy groups -OCH3 is 2. The molecule has 1 aromatic rings. The predicted octanol–water partition coefficient (Wildman–Crippen LogP) is 1.53. The average Bonchev–Trinajstić information content (AvgIpc) is 2.40. The molecule has 1 aromatic carbocycles. The molecular weight excluding hydrogens is 234 g/mol. The van der Waals surface area contributed by atoms with Gasteiger partial charge in [0, 0.05) is 11.6 Å². The van der Waals surface area contributed by atoms with E-state index in [2.05, 4.69) is 5.32 Å². The molecule has 100 valence electrons.